The Hall–Kier alpha value is 0.200. The average Bonchev–Trinajstić information content (AvgIpc) is 1.94. The fourth-order valence-corrected chi connectivity index (χ4v) is 1.82. The fraction of sp³-hybridized carbons (Fsp3) is 0.857. The summed E-state index contributed by atoms with van der Waals surface area (Å²) in [4.78, 5) is 2.15. The Kier molecular flexibility index (Phi) is 3.16. The Balaban J connectivity index is 2.54. The summed E-state index contributed by atoms with van der Waals surface area (Å²) in [5.74, 6) is 0. The molecule has 0 amide bonds. The lowest BCUT2D eigenvalue weighted by Gasteiger charge is -2.37. The smallest absolute Gasteiger partial charge is 0.133 e. The lowest BCUT2D eigenvalue weighted by Crippen LogP contribution is -2.54. The van der Waals surface area contributed by atoms with Crippen molar-refractivity contribution in [3.63, 3.8) is 0 Å². The molecule has 0 aromatic rings. The van der Waals surface area contributed by atoms with Crippen molar-refractivity contribution < 1.29 is 0 Å². The Bertz CT molecular complexity index is 161. The van der Waals surface area contributed by atoms with Crippen LogP contribution in [0, 0.1) is 0 Å². The number of hydrogen-bond donors (Lipinski definition) is 2. The highest BCUT2D eigenvalue weighted by atomic mass is 32.1. The van der Waals surface area contributed by atoms with Gasteiger partial charge >= 0.3 is 0 Å². The van der Waals surface area contributed by atoms with E-state index in [1.165, 1.54) is 0 Å². The maximum atomic E-state index is 5.01. The monoisotopic (exact) mass is 190 g/mol. The molecule has 1 fully saturated rings. The van der Waals surface area contributed by atoms with Crippen LogP contribution in [0.3, 0.4) is 0 Å². The van der Waals surface area contributed by atoms with Crippen molar-refractivity contribution >= 4 is 29.2 Å². The molecule has 0 bridgehead atoms. The molecule has 0 saturated carbocycles. The first-order valence-corrected chi connectivity index (χ1v) is 4.69. The quantitative estimate of drug-likeness (QED) is 0.436. The molecule has 64 valence electrons. The van der Waals surface area contributed by atoms with Crippen LogP contribution in [0.15, 0.2) is 0 Å². The summed E-state index contributed by atoms with van der Waals surface area (Å²) < 4.78 is 0.714. The van der Waals surface area contributed by atoms with Crippen LogP contribution >= 0.6 is 24.8 Å². The minimum Gasteiger partial charge on any atom is -0.352 e. The van der Waals surface area contributed by atoms with Crippen molar-refractivity contribution in [2.75, 3.05) is 13.1 Å². The zero-order valence-electron chi connectivity index (χ0n) is 6.87. The van der Waals surface area contributed by atoms with Crippen LogP contribution < -0.4 is 5.32 Å². The summed E-state index contributed by atoms with van der Waals surface area (Å²) >= 11 is 9.18. The van der Waals surface area contributed by atoms with E-state index in [2.05, 4.69) is 36.7 Å². The molecular formula is C7H14N2S2. The molecule has 0 spiro atoms. The van der Waals surface area contributed by atoms with Crippen LogP contribution in [0.25, 0.3) is 0 Å². The van der Waals surface area contributed by atoms with Crippen molar-refractivity contribution in [1.82, 2.24) is 10.2 Å². The van der Waals surface area contributed by atoms with Gasteiger partial charge in [-0.25, -0.2) is 0 Å². The first kappa shape index (κ1) is 9.29. The van der Waals surface area contributed by atoms with Gasteiger partial charge in [-0.1, -0.05) is 12.2 Å². The number of rotatable bonds is 0. The third-order valence-electron chi connectivity index (χ3n) is 2.01. The minimum atomic E-state index is 0.483. The molecule has 0 aromatic carbocycles. The number of piperazine rings is 1. The molecule has 0 radical (unpaired) electrons. The predicted molar refractivity (Wildman–Crippen MR) is 55.2 cm³/mol. The zero-order valence-corrected chi connectivity index (χ0v) is 8.58. The van der Waals surface area contributed by atoms with Crippen LogP contribution in [-0.4, -0.2) is 34.4 Å². The molecule has 0 aliphatic carbocycles. The van der Waals surface area contributed by atoms with Gasteiger partial charge in [0.2, 0.25) is 0 Å². The second kappa shape index (κ2) is 3.74. The van der Waals surface area contributed by atoms with Crippen molar-refractivity contribution in [3.05, 3.63) is 0 Å². The van der Waals surface area contributed by atoms with E-state index in [4.69, 9.17) is 12.2 Å². The third-order valence-corrected chi connectivity index (χ3v) is 2.50. The lowest BCUT2D eigenvalue weighted by molar-refractivity contribution is 0.242. The first-order chi connectivity index (χ1) is 5.11. The molecule has 11 heavy (non-hydrogen) atoms. The van der Waals surface area contributed by atoms with Gasteiger partial charge in [0.05, 0.1) is 0 Å². The largest absolute Gasteiger partial charge is 0.352 e. The predicted octanol–water partition coefficient (Wildman–Crippen LogP) is 0.883. The third kappa shape index (κ3) is 2.32. The summed E-state index contributed by atoms with van der Waals surface area (Å²) in [5.41, 5.74) is 0. The van der Waals surface area contributed by atoms with E-state index in [-0.39, 0.29) is 0 Å². The molecule has 1 heterocycles. The molecule has 1 rings (SSSR count). The van der Waals surface area contributed by atoms with E-state index >= 15 is 0 Å². The molecule has 2 nitrogen and oxygen atoms in total. The lowest BCUT2D eigenvalue weighted by atomic mass is 10.2. The van der Waals surface area contributed by atoms with E-state index in [0.29, 0.717) is 16.4 Å². The van der Waals surface area contributed by atoms with Crippen molar-refractivity contribution in [1.29, 1.82) is 0 Å². The Morgan fingerprint density at radius 2 is 2.27 bits per heavy atom. The standard InChI is InChI=1S/C7H14N2S2/c1-5-4-9(7(10)11)6(2)3-8-5/h5-6,8H,3-4H2,1-2H3,(H,10,11)/t5-,6-/m1/s1. The molecule has 4 heteroatoms. The highest BCUT2D eigenvalue weighted by molar-refractivity contribution is 8.10. The molecule has 0 aromatic heterocycles. The van der Waals surface area contributed by atoms with E-state index in [9.17, 15) is 0 Å². The number of thiol groups is 1. The van der Waals surface area contributed by atoms with Crippen LogP contribution in [0.2, 0.25) is 0 Å². The first-order valence-electron chi connectivity index (χ1n) is 3.84. The second-order valence-corrected chi connectivity index (χ2v) is 4.21. The molecule has 1 aliphatic heterocycles. The van der Waals surface area contributed by atoms with Gasteiger partial charge in [0.25, 0.3) is 0 Å². The van der Waals surface area contributed by atoms with Crippen LogP contribution in [0.4, 0.5) is 0 Å². The summed E-state index contributed by atoms with van der Waals surface area (Å²) in [6.07, 6.45) is 0. The summed E-state index contributed by atoms with van der Waals surface area (Å²) in [6, 6.07) is 1.01. The van der Waals surface area contributed by atoms with Gasteiger partial charge in [0.15, 0.2) is 0 Å². The fourth-order valence-electron chi connectivity index (χ4n) is 1.29. The van der Waals surface area contributed by atoms with Crippen molar-refractivity contribution in [2.24, 2.45) is 0 Å². The maximum absolute atomic E-state index is 5.01. The Labute approximate surface area is 78.7 Å². The van der Waals surface area contributed by atoms with Gasteiger partial charge in [0, 0.05) is 25.2 Å². The normalized spacial score (nSPS) is 32.1. The average molecular weight is 190 g/mol. The molecule has 1 aliphatic rings. The Morgan fingerprint density at radius 3 is 2.73 bits per heavy atom. The molecule has 1 saturated heterocycles. The summed E-state index contributed by atoms with van der Waals surface area (Å²) in [6.45, 7) is 6.29. The minimum absolute atomic E-state index is 0.483. The summed E-state index contributed by atoms with van der Waals surface area (Å²) in [5, 5.41) is 3.38. The van der Waals surface area contributed by atoms with Gasteiger partial charge in [-0.2, -0.15) is 0 Å². The van der Waals surface area contributed by atoms with Crippen LogP contribution in [0.5, 0.6) is 0 Å². The topological polar surface area (TPSA) is 15.3 Å². The molecule has 0 unspecified atom stereocenters. The van der Waals surface area contributed by atoms with E-state index in [1.54, 1.807) is 0 Å². The van der Waals surface area contributed by atoms with E-state index < -0.39 is 0 Å². The Morgan fingerprint density at radius 1 is 1.64 bits per heavy atom. The zero-order chi connectivity index (χ0) is 8.43. The molecule has 1 N–H and O–H groups in total. The SMILES string of the molecule is C[C@@H]1CN(C(=S)S)[C@H](C)CN1. The number of thiocarbonyl (C=S) groups is 1. The summed E-state index contributed by atoms with van der Waals surface area (Å²) in [7, 11) is 0. The maximum Gasteiger partial charge on any atom is 0.133 e. The van der Waals surface area contributed by atoms with Gasteiger partial charge in [-0.05, 0) is 13.8 Å². The van der Waals surface area contributed by atoms with Gasteiger partial charge < -0.3 is 10.2 Å². The van der Waals surface area contributed by atoms with E-state index in [1.807, 2.05) is 0 Å². The molecule has 2 atom stereocenters. The second-order valence-electron chi connectivity index (χ2n) is 3.09. The molecular weight excluding hydrogens is 176 g/mol. The van der Waals surface area contributed by atoms with Crippen molar-refractivity contribution in [3.8, 4) is 0 Å². The van der Waals surface area contributed by atoms with E-state index in [0.717, 1.165) is 13.1 Å². The number of hydrogen-bond acceptors (Lipinski definition) is 2. The van der Waals surface area contributed by atoms with Crippen LogP contribution in [-0.2, 0) is 0 Å². The van der Waals surface area contributed by atoms with Gasteiger partial charge in [0.1, 0.15) is 4.32 Å². The highest BCUT2D eigenvalue weighted by Crippen LogP contribution is 2.09. The highest BCUT2D eigenvalue weighted by Gasteiger charge is 2.22. The van der Waals surface area contributed by atoms with Gasteiger partial charge in [-0.15, -0.1) is 12.6 Å². The van der Waals surface area contributed by atoms with Gasteiger partial charge in [-0.3, -0.25) is 0 Å². The number of nitrogens with one attached hydrogen (secondary N) is 1. The van der Waals surface area contributed by atoms with Crippen molar-refractivity contribution in [2.45, 2.75) is 25.9 Å². The van der Waals surface area contributed by atoms with Crippen LogP contribution in [0.1, 0.15) is 13.8 Å². The number of nitrogens with zero attached hydrogens (tertiary/aromatic N) is 1.